The molecule has 1 saturated carbocycles. The van der Waals surface area contributed by atoms with Gasteiger partial charge < -0.3 is 15.3 Å². The van der Waals surface area contributed by atoms with Crippen LogP contribution in [0.1, 0.15) is 32.6 Å². The minimum absolute atomic E-state index is 0.488. The summed E-state index contributed by atoms with van der Waals surface area (Å²) in [5.74, 6) is 0. The second-order valence-electron chi connectivity index (χ2n) is 3.87. The summed E-state index contributed by atoms with van der Waals surface area (Å²) in [6.07, 6.45) is 2.56. The average molecular weight is 211 g/mol. The fraction of sp³-hybridized carbons (Fsp3) is 0.667. The Morgan fingerprint density at radius 1 is 1.27 bits per heavy atom. The molecule has 1 aliphatic heterocycles. The molecule has 0 saturated heterocycles. The molecular weight excluding hydrogens is 198 g/mol. The number of nitrogens with zero attached hydrogens (tertiary/aromatic N) is 3. The van der Waals surface area contributed by atoms with Gasteiger partial charge in [-0.25, -0.2) is 0 Å². The molecule has 15 heavy (non-hydrogen) atoms. The number of hydrogen-bond acceptors (Lipinski definition) is 6. The first kappa shape index (κ1) is 9.95. The van der Waals surface area contributed by atoms with E-state index in [0.29, 0.717) is 30.7 Å². The second-order valence-corrected chi connectivity index (χ2v) is 3.87. The Morgan fingerprint density at radius 3 is 2.27 bits per heavy atom. The van der Waals surface area contributed by atoms with Crippen molar-refractivity contribution in [2.24, 2.45) is 15.5 Å². The lowest BCUT2D eigenvalue weighted by Gasteiger charge is -2.31. The fourth-order valence-electron chi connectivity index (χ4n) is 2.15. The van der Waals surface area contributed by atoms with Crippen LogP contribution in [0.4, 0.5) is 0 Å². The molecule has 6 nitrogen and oxygen atoms in total. The minimum atomic E-state index is -0.925. The van der Waals surface area contributed by atoms with Crippen molar-refractivity contribution in [2.75, 3.05) is 0 Å². The highest BCUT2D eigenvalue weighted by Crippen LogP contribution is 2.34. The van der Waals surface area contributed by atoms with E-state index in [0.717, 1.165) is 12.1 Å². The van der Waals surface area contributed by atoms with Crippen molar-refractivity contribution in [3.63, 3.8) is 0 Å². The third-order valence-corrected chi connectivity index (χ3v) is 2.86. The molecule has 0 unspecified atom stereocenters. The summed E-state index contributed by atoms with van der Waals surface area (Å²) in [7, 11) is 0. The molecule has 6 heteroatoms. The van der Waals surface area contributed by atoms with Gasteiger partial charge in [-0.3, -0.25) is 0 Å². The van der Waals surface area contributed by atoms with Gasteiger partial charge in [0.1, 0.15) is 11.4 Å². The predicted molar refractivity (Wildman–Crippen MR) is 53.8 cm³/mol. The van der Waals surface area contributed by atoms with Crippen LogP contribution in [0, 0.1) is 0 Å². The Labute approximate surface area is 86.9 Å². The SMILES string of the molecule is CC1=NOC2(C1)/C(=N/O)CCC/C2=N\O. The third kappa shape index (κ3) is 1.36. The Hall–Kier alpha value is -1.59. The Balaban J connectivity index is 2.39. The van der Waals surface area contributed by atoms with Gasteiger partial charge in [-0.1, -0.05) is 15.5 Å². The number of rotatable bonds is 0. The van der Waals surface area contributed by atoms with Crippen LogP contribution in [0.5, 0.6) is 0 Å². The van der Waals surface area contributed by atoms with E-state index in [2.05, 4.69) is 15.5 Å². The van der Waals surface area contributed by atoms with Crippen LogP contribution in [0.3, 0.4) is 0 Å². The topological polar surface area (TPSA) is 86.8 Å². The van der Waals surface area contributed by atoms with E-state index in [-0.39, 0.29) is 0 Å². The van der Waals surface area contributed by atoms with E-state index in [1.54, 1.807) is 0 Å². The quantitative estimate of drug-likeness (QED) is 0.468. The van der Waals surface area contributed by atoms with Crippen molar-refractivity contribution in [3.8, 4) is 0 Å². The van der Waals surface area contributed by atoms with Crippen LogP contribution >= 0.6 is 0 Å². The van der Waals surface area contributed by atoms with Crippen molar-refractivity contribution in [3.05, 3.63) is 0 Å². The number of hydrogen-bond donors (Lipinski definition) is 2. The predicted octanol–water partition coefficient (Wildman–Crippen LogP) is 1.37. The van der Waals surface area contributed by atoms with Gasteiger partial charge in [-0.15, -0.1) is 0 Å². The lowest BCUT2D eigenvalue weighted by Crippen LogP contribution is -2.49. The molecule has 0 bridgehead atoms. The van der Waals surface area contributed by atoms with Gasteiger partial charge in [0.2, 0.25) is 5.60 Å². The molecule has 1 heterocycles. The standard InChI is InChI=1S/C9H13N3O3/c1-6-5-9(15-12-6)7(10-13)3-2-4-8(9)11-14/h13-14H,2-5H2,1H3/b10-7+,11-8+. The lowest BCUT2D eigenvalue weighted by atomic mass is 9.78. The van der Waals surface area contributed by atoms with Crippen LogP contribution < -0.4 is 0 Å². The monoisotopic (exact) mass is 211 g/mol. The number of oxime groups is 3. The van der Waals surface area contributed by atoms with Gasteiger partial charge in [0.25, 0.3) is 0 Å². The zero-order valence-corrected chi connectivity index (χ0v) is 8.47. The van der Waals surface area contributed by atoms with Crippen LogP contribution in [0.2, 0.25) is 0 Å². The summed E-state index contributed by atoms with van der Waals surface area (Å²) in [5, 5.41) is 28.2. The van der Waals surface area contributed by atoms with E-state index >= 15 is 0 Å². The molecule has 2 rings (SSSR count). The van der Waals surface area contributed by atoms with Crippen LogP contribution in [-0.2, 0) is 4.84 Å². The maximum absolute atomic E-state index is 8.94. The summed E-state index contributed by atoms with van der Waals surface area (Å²) in [6, 6.07) is 0. The third-order valence-electron chi connectivity index (χ3n) is 2.86. The average Bonchev–Trinajstić information content (AvgIpc) is 2.62. The van der Waals surface area contributed by atoms with Gasteiger partial charge in [-0.2, -0.15) is 0 Å². The van der Waals surface area contributed by atoms with Gasteiger partial charge in [0.15, 0.2) is 0 Å². The molecule has 0 aromatic heterocycles. The molecule has 2 N–H and O–H groups in total. The fourth-order valence-corrected chi connectivity index (χ4v) is 2.15. The summed E-state index contributed by atoms with van der Waals surface area (Å²) >= 11 is 0. The molecule has 0 aromatic rings. The first-order valence-electron chi connectivity index (χ1n) is 4.87. The molecule has 0 atom stereocenters. The Kier molecular flexibility index (Phi) is 2.34. The molecule has 0 amide bonds. The zero-order chi connectivity index (χ0) is 10.9. The van der Waals surface area contributed by atoms with Gasteiger partial charge in [-0.05, 0) is 26.2 Å². The van der Waals surface area contributed by atoms with Gasteiger partial charge in [0, 0.05) is 6.42 Å². The van der Waals surface area contributed by atoms with Crippen LogP contribution in [0.15, 0.2) is 15.5 Å². The van der Waals surface area contributed by atoms with E-state index < -0.39 is 5.60 Å². The van der Waals surface area contributed by atoms with Crippen molar-refractivity contribution in [2.45, 2.75) is 38.2 Å². The van der Waals surface area contributed by atoms with Crippen molar-refractivity contribution >= 4 is 17.1 Å². The van der Waals surface area contributed by atoms with Crippen molar-refractivity contribution in [1.82, 2.24) is 0 Å². The Morgan fingerprint density at radius 2 is 1.87 bits per heavy atom. The van der Waals surface area contributed by atoms with Gasteiger partial charge >= 0.3 is 0 Å². The highest BCUT2D eigenvalue weighted by atomic mass is 16.7. The zero-order valence-electron chi connectivity index (χ0n) is 8.47. The molecule has 1 spiro atoms. The molecule has 0 radical (unpaired) electrons. The van der Waals surface area contributed by atoms with E-state index in [9.17, 15) is 0 Å². The van der Waals surface area contributed by atoms with Gasteiger partial charge in [0.05, 0.1) is 5.71 Å². The summed E-state index contributed by atoms with van der Waals surface area (Å²) < 4.78 is 0. The molecule has 2 aliphatic rings. The summed E-state index contributed by atoms with van der Waals surface area (Å²) in [4.78, 5) is 5.31. The largest absolute Gasteiger partial charge is 0.411 e. The first-order valence-corrected chi connectivity index (χ1v) is 4.87. The van der Waals surface area contributed by atoms with Crippen LogP contribution in [-0.4, -0.2) is 33.2 Å². The normalized spacial score (nSPS) is 35.9. The molecule has 0 aromatic carbocycles. The van der Waals surface area contributed by atoms with Crippen molar-refractivity contribution < 1.29 is 15.3 Å². The maximum Gasteiger partial charge on any atom is 0.225 e. The second kappa shape index (κ2) is 3.52. The summed E-state index contributed by atoms with van der Waals surface area (Å²) in [5.41, 5.74) is 0.856. The smallest absolute Gasteiger partial charge is 0.225 e. The van der Waals surface area contributed by atoms with Crippen molar-refractivity contribution in [1.29, 1.82) is 0 Å². The first-order chi connectivity index (χ1) is 7.23. The van der Waals surface area contributed by atoms with Crippen LogP contribution in [0.25, 0.3) is 0 Å². The lowest BCUT2D eigenvalue weighted by molar-refractivity contribution is 0.0774. The highest BCUT2D eigenvalue weighted by Gasteiger charge is 2.50. The molecule has 82 valence electrons. The Bertz CT molecular complexity index is 340. The minimum Gasteiger partial charge on any atom is -0.411 e. The van der Waals surface area contributed by atoms with E-state index in [1.165, 1.54) is 0 Å². The molecule has 1 fully saturated rings. The van der Waals surface area contributed by atoms with E-state index in [4.69, 9.17) is 15.3 Å². The highest BCUT2D eigenvalue weighted by molar-refractivity contribution is 6.19. The molecule has 1 aliphatic carbocycles. The maximum atomic E-state index is 8.94. The summed E-state index contributed by atoms with van der Waals surface area (Å²) in [6.45, 7) is 1.83. The van der Waals surface area contributed by atoms with E-state index in [1.807, 2.05) is 6.92 Å². The molecular formula is C9H13N3O3.